The summed E-state index contributed by atoms with van der Waals surface area (Å²) in [7, 11) is 0.00410. The van der Waals surface area contributed by atoms with Crippen LogP contribution in [-0.2, 0) is 10.0 Å². The second-order valence-electron chi connectivity index (χ2n) is 9.85. The van der Waals surface area contributed by atoms with Crippen molar-refractivity contribution >= 4 is 38.4 Å². The van der Waals surface area contributed by atoms with Crippen LogP contribution in [-0.4, -0.2) is 74.2 Å². The molecule has 0 spiro atoms. The summed E-state index contributed by atoms with van der Waals surface area (Å²) in [6.07, 6.45) is 3.51. The number of nitrogens with one attached hydrogen (secondary N) is 2. The molecule has 2 aromatic carbocycles. The van der Waals surface area contributed by atoms with Gasteiger partial charge in [-0.2, -0.15) is 4.98 Å². The van der Waals surface area contributed by atoms with Gasteiger partial charge in [-0.15, -0.1) is 0 Å². The van der Waals surface area contributed by atoms with Crippen molar-refractivity contribution in [1.29, 1.82) is 0 Å². The molecule has 0 aliphatic carbocycles. The highest BCUT2D eigenvalue weighted by Gasteiger charge is 2.21. The first-order valence-corrected chi connectivity index (χ1v) is 14.2. The number of sulfonamides is 1. The van der Waals surface area contributed by atoms with Crippen LogP contribution in [0.3, 0.4) is 0 Å². The molecule has 206 valence electrons. The fourth-order valence-corrected chi connectivity index (χ4v) is 5.82. The number of fused-ring (bicyclic) bond motifs is 1. The van der Waals surface area contributed by atoms with Crippen LogP contribution in [0.1, 0.15) is 13.8 Å². The van der Waals surface area contributed by atoms with Crippen LogP contribution in [0.2, 0.25) is 0 Å². The predicted molar refractivity (Wildman–Crippen MR) is 150 cm³/mol. The molecule has 0 atom stereocenters. The summed E-state index contributed by atoms with van der Waals surface area (Å²) in [6, 6.07) is 11.3. The minimum Gasteiger partial charge on any atom is -0.494 e. The first kappa shape index (κ1) is 26.9. The normalized spacial score (nSPS) is 14.8. The zero-order valence-corrected chi connectivity index (χ0v) is 23.2. The Morgan fingerprint density at radius 1 is 1.05 bits per heavy atom. The molecular formula is C27H32FN7O3S. The van der Waals surface area contributed by atoms with Gasteiger partial charge in [0.2, 0.25) is 16.0 Å². The van der Waals surface area contributed by atoms with Gasteiger partial charge in [0.05, 0.1) is 23.4 Å². The Morgan fingerprint density at radius 3 is 2.44 bits per heavy atom. The number of ether oxygens (including phenoxy) is 1. The number of halogens is 1. The Bertz CT molecular complexity index is 1580. The third-order valence-electron chi connectivity index (χ3n) is 6.60. The Hall–Kier alpha value is -3.74. The number of hydrogen-bond acceptors (Lipinski definition) is 8. The van der Waals surface area contributed by atoms with Gasteiger partial charge in [0.15, 0.2) is 0 Å². The van der Waals surface area contributed by atoms with Gasteiger partial charge in [-0.05, 0) is 51.2 Å². The number of benzene rings is 2. The van der Waals surface area contributed by atoms with Gasteiger partial charge < -0.3 is 24.4 Å². The Labute approximate surface area is 227 Å². The summed E-state index contributed by atoms with van der Waals surface area (Å²) in [6.45, 7) is 6.75. The van der Waals surface area contributed by atoms with Gasteiger partial charge in [0.25, 0.3) is 0 Å². The number of rotatable bonds is 8. The Kier molecular flexibility index (Phi) is 7.43. The first-order valence-electron chi connectivity index (χ1n) is 12.7. The van der Waals surface area contributed by atoms with Crippen molar-refractivity contribution in [2.24, 2.45) is 0 Å². The molecule has 3 heterocycles. The molecule has 1 aliphatic heterocycles. The van der Waals surface area contributed by atoms with Gasteiger partial charge in [-0.3, -0.25) is 0 Å². The maximum atomic E-state index is 15.2. The van der Waals surface area contributed by atoms with Gasteiger partial charge in [-0.25, -0.2) is 22.5 Å². The molecule has 0 bridgehead atoms. The lowest BCUT2D eigenvalue weighted by molar-refractivity contribution is 0.311. The SMILES string of the molecule is COc1cc(N2CCN(C)CC2)c(F)cc1Nc1ncc2ccn(-c3ccc(S(=O)(=O)NC(C)C)cc3)c2n1. The van der Waals surface area contributed by atoms with E-state index in [1.807, 2.05) is 21.7 Å². The van der Waals surface area contributed by atoms with Gasteiger partial charge in [0.1, 0.15) is 17.2 Å². The fourth-order valence-electron chi connectivity index (χ4n) is 4.57. The molecule has 2 N–H and O–H groups in total. The lowest BCUT2D eigenvalue weighted by Gasteiger charge is -2.34. The molecule has 12 heteroatoms. The van der Waals surface area contributed by atoms with Crippen LogP contribution in [0.25, 0.3) is 16.7 Å². The zero-order valence-electron chi connectivity index (χ0n) is 22.3. The topological polar surface area (TPSA) is 105 Å². The summed E-state index contributed by atoms with van der Waals surface area (Å²) in [5, 5.41) is 3.89. The quantitative estimate of drug-likeness (QED) is 0.340. The molecule has 1 aliphatic rings. The first-order chi connectivity index (χ1) is 18.6. The van der Waals surface area contributed by atoms with Crippen LogP contribution < -0.4 is 19.7 Å². The van der Waals surface area contributed by atoms with Gasteiger partial charge in [-0.1, -0.05) is 0 Å². The number of likely N-dealkylation sites (N-methyl/N-ethyl adjacent to an activating group) is 1. The summed E-state index contributed by atoms with van der Waals surface area (Å²) < 4.78 is 50.1. The van der Waals surface area contributed by atoms with E-state index in [4.69, 9.17) is 4.74 Å². The molecule has 10 nitrogen and oxygen atoms in total. The highest BCUT2D eigenvalue weighted by Crippen LogP contribution is 2.34. The van der Waals surface area contributed by atoms with Crippen LogP contribution >= 0.6 is 0 Å². The summed E-state index contributed by atoms with van der Waals surface area (Å²) >= 11 is 0. The number of aromatic nitrogens is 3. The third kappa shape index (κ3) is 5.68. The minimum absolute atomic E-state index is 0.183. The maximum absolute atomic E-state index is 15.2. The Morgan fingerprint density at radius 2 is 1.77 bits per heavy atom. The molecule has 4 aromatic rings. The smallest absolute Gasteiger partial charge is 0.240 e. The van der Waals surface area contributed by atoms with Crippen molar-refractivity contribution in [2.75, 3.05) is 50.6 Å². The molecule has 39 heavy (non-hydrogen) atoms. The molecule has 1 fully saturated rings. The summed E-state index contributed by atoms with van der Waals surface area (Å²) in [5.74, 6) is 0.401. The molecule has 0 saturated carbocycles. The van der Waals surface area contributed by atoms with Crippen LogP contribution in [0.15, 0.2) is 59.8 Å². The molecule has 5 rings (SSSR count). The fraction of sp³-hybridized carbons (Fsp3) is 0.333. The van der Waals surface area contributed by atoms with E-state index in [9.17, 15) is 8.42 Å². The number of hydrogen-bond donors (Lipinski definition) is 2. The number of piperazine rings is 1. The maximum Gasteiger partial charge on any atom is 0.240 e. The van der Waals surface area contributed by atoms with Crippen LogP contribution in [0.5, 0.6) is 5.75 Å². The van der Waals surface area contributed by atoms with Crippen LogP contribution in [0.4, 0.5) is 21.7 Å². The summed E-state index contributed by atoms with van der Waals surface area (Å²) in [5.41, 5.74) is 2.26. The van der Waals surface area contributed by atoms with E-state index in [0.717, 1.165) is 37.3 Å². The van der Waals surface area contributed by atoms with E-state index in [2.05, 4.69) is 32.0 Å². The number of anilines is 3. The highest BCUT2D eigenvalue weighted by molar-refractivity contribution is 7.89. The lowest BCUT2D eigenvalue weighted by Crippen LogP contribution is -2.44. The van der Waals surface area contributed by atoms with Gasteiger partial charge >= 0.3 is 0 Å². The molecule has 0 radical (unpaired) electrons. The Balaban J connectivity index is 1.42. The standard InChI is InChI=1S/C27H32FN7O3S/c1-18(2)32-39(36,37)21-7-5-20(6-8-21)35-10-9-19-17-29-27(31-26(19)35)30-23-15-22(28)24(16-25(23)38-4)34-13-11-33(3)12-14-34/h5-10,15-18,32H,11-14H2,1-4H3,(H,29,30,31). The van der Waals surface area contributed by atoms with Crippen LogP contribution in [0, 0.1) is 5.82 Å². The van der Waals surface area contributed by atoms with Crippen molar-refractivity contribution in [1.82, 2.24) is 24.2 Å². The zero-order chi connectivity index (χ0) is 27.7. The average molecular weight is 554 g/mol. The largest absolute Gasteiger partial charge is 0.494 e. The van der Waals surface area contributed by atoms with Crippen molar-refractivity contribution in [3.63, 3.8) is 0 Å². The molecule has 0 unspecified atom stereocenters. The second-order valence-corrected chi connectivity index (χ2v) is 11.6. The molecule has 0 amide bonds. The third-order valence-corrected chi connectivity index (χ3v) is 8.28. The van der Waals surface area contributed by atoms with Gasteiger partial charge in [0, 0.05) is 67.8 Å². The van der Waals surface area contributed by atoms with Crippen molar-refractivity contribution in [2.45, 2.75) is 24.8 Å². The van der Waals surface area contributed by atoms with E-state index in [1.54, 1.807) is 57.5 Å². The lowest BCUT2D eigenvalue weighted by atomic mass is 10.2. The van der Waals surface area contributed by atoms with Crippen molar-refractivity contribution in [3.05, 3.63) is 60.7 Å². The van der Waals surface area contributed by atoms with Crippen molar-refractivity contribution < 1.29 is 17.5 Å². The van der Waals surface area contributed by atoms with E-state index < -0.39 is 10.0 Å². The van der Waals surface area contributed by atoms with E-state index in [1.165, 1.54) is 6.07 Å². The summed E-state index contributed by atoms with van der Waals surface area (Å²) in [4.78, 5) is 13.5. The number of methoxy groups -OCH3 is 1. The second kappa shape index (κ2) is 10.8. The monoisotopic (exact) mass is 553 g/mol. The molecule has 1 saturated heterocycles. The minimum atomic E-state index is -3.59. The highest BCUT2D eigenvalue weighted by atomic mass is 32.2. The number of nitrogens with zero attached hydrogens (tertiary/aromatic N) is 5. The van der Waals surface area contributed by atoms with E-state index >= 15 is 4.39 Å². The van der Waals surface area contributed by atoms with E-state index in [-0.39, 0.29) is 22.7 Å². The molecule has 2 aromatic heterocycles. The van der Waals surface area contributed by atoms with Crippen molar-refractivity contribution in [3.8, 4) is 11.4 Å². The predicted octanol–water partition coefficient (Wildman–Crippen LogP) is 3.75. The average Bonchev–Trinajstić information content (AvgIpc) is 3.32. The molecular weight excluding hydrogens is 521 g/mol. The van der Waals surface area contributed by atoms with E-state index in [0.29, 0.717) is 22.8 Å².